The summed E-state index contributed by atoms with van der Waals surface area (Å²) in [6, 6.07) is 16.2. The molecule has 2 saturated heterocycles. The molecule has 8 atom stereocenters. The lowest BCUT2D eigenvalue weighted by Gasteiger charge is -2.41. The number of nitrogens with one attached hydrogen (secondary N) is 3. The second kappa shape index (κ2) is 21.5. The smallest absolute Gasteiger partial charge is 0.459 e. The van der Waals surface area contributed by atoms with Crippen molar-refractivity contribution in [3.8, 4) is 0 Å². The van der Waals surface area contributed by atoms with Gasteiger partial charge in [0, 0.05) is 25.1 Å². The molecular weight excluding hydrogens is 839 g/mol. The molecule has 18 nitrogen and oxygen atoms in total. The minimum atomic E-state index is -5.35. The van der Waals surface area contributed by atoms with Crippen molar-refractivity contribution in [2.75, 3.05) is 6.54 Å². The van der Waals surface area contributed by atoms with E-state index in [1.54, 1.807) is 66.0 Å². The Kier molecular flexibility index (Phi) is 16.2. The molecule has 0 spiro atoms. The normalized spacial score (nSPS) is 21.2. The molecule has 4 amide bonds. The average Bonchev–Trinajstić information content (AvgIpc) is 3.76. The molecule has 2 aliphatic rings. The van der Waals surface area contributed by atoms with E-state index in [9.17, 15) is 52.1 Å². The first-order chi connectivity index (χ1) is 29.9. The number of hydrogen-bond acceptors (Lipinski definition) is 13. The molecule has 5 rings (SSSR count). The molecule has 21 heteroatoms. The van der Waals surface area contributed by atoms with Gasteiger partial charge in [0.25, 0.3) is 5.69 Å². The van der Waals surface area contributed by atoms with Crippen LogP contribution < -0.4 is 16.0 Å². The number of ether oxygens (including phenoxy) is 5. The van der Waals surface area contributed by atoms with Crippen molar-refractivity contribution in [2.24, 2.45) is 0 Å². The highest BCUT2D eigenvalue weighted by Crippen LogP contribution is 2.28. The quantitative estimate of drug-likeness (QED) is 0.0792. The highest BCUT2D eigenvalue weighted by molar-refractivity contribution is 5.93. The summed E-state index contributed by atoms with van der Waals surface area (Å²) in [6.45, 7) is 3.98. The summed E-state index contributed by atoms with van der Waals surface area (Å²) in [7, 11) is 0. The molecule has 0 saturated carbocycles. The van der Waals surface area contributed by atoms with E-state index < -0.39 is 102 Å². The summed E-state index contributed by atoms with van der Waals surface area (Å²) in [5.74, 6) is -6.02. The lowest BCUT2D eigenvalue weighted by Crippen LogP contribution is -2.61. The largest absolute Gasteiger partial charge is 0.471 e. The Morgan fingerprint density at radius 3 is 2.08 bits per heavy atom. The number of nitro groups is 1. The molecule has 0 unspecified atom stereocenters. The van der Waals surface area contributed by atoms with Gasteiger partial charge >= 0.3 is 30.1 Å². The van der Waals surface area contributed by atoms with Gasteiger partial charge in [0.1, 0.15) is 37.4 Å². The van der Waals surface area contributed by atoms with Gasteiger partial charge < -0.3 is 39.6 Å². The molecular formula is C42H46F3N5O13. The molecule has 2 aliphatic heterocycles. The van der Waals surface area contributed by atoms with Crippen LogP contribution in [-0.4, -0.2) is 107 Å². The van der Waals surface area contributed by atoms with Crippen molar-refractivity contribution < 1.29 is 70.5 Å². The Bertz CT molecular complexity index is 2100. The zero-order valence-corrected chi connectivity index (χ0v) is 34.3. The maximum atomic E-state index is 14.0. The Labute approximate surface area is 358 Å². The van der Waals surface area contributed by atoms with Gasteiger partial charge in [-0.3, -0.25) is 29.4 Å². The number of nitrogens with zero attached hydrogens (tertiary/aromatic N) is 2. The standard InChI is InChI=1S/C42H46F3N5O13/c1-24(38(53)59-22-27-11-6-4-7-12-27)46-37(52)34(48-36(51)32-15-10-20-49(32)41(56)60-23-28-13-8-5-9-14-28)25(2)61-33-21-31(47-40(55)42(43,44)45)35(26(3)62-33)63-39(54)29-16-18-30(19-17-29)50(57)58/h4-9,11-14,16-19,24-26,31-35H,10,15,20-23H2,1-3H3,(H,46,52)(H,47,55)(H,48,51)/t24-,25+,26-,31+,32-,33+,34-,35-/m0/s1. The number of benzene rings is 3. The Balaban J connectivity index is 1.32. The predicted octanol–water partition coefficient (Wildman–Crippen LogP) is 4.24. The number of carbonyl (C=O) groups is 6. The van der Waals surface area contributed by atoms with Crippen molar-refractivity contribution >= 4 is 41.4 Å². The third-order valence-corrected chi connectivity index (χ3v) is 10.2. The molecule has 2 heterocycles. The molecule has 3 aromatic rings. The van der Waals surface area contributed by atoms with E-state index in [2.05, 4.69) is 10.6 Å². The summed E-state index contributed by atoms with van der Waals surface area (Å²) in [5, 5.41) is 17.9. The van der Waals surface area contributed by atoms with Crippen LogP contribution in [0.2, 0.25) is 0 Å². The van der Waals surface area contributed by atoms with Crippen LogP contribution in [0.4, 0.5) is 23.7 Å². The van der Waals surface area contributed by atoms with E-state index in [0.717, 1.165) is 24.3 Å². The van der Waals surface area contributed by atoms with E-state index in [-0.39, 0.29) is 37.4 Å². The Morgan fingerprint density at radius 1 is 0.889 bits per heavy atom. The topological polar surface area (TPSA) is 231 Å². The molecule has 0 aliphatic carbocycles. The van der Waals surface area contributed by atoms with E-state index in [1.165, 1.54) is 25.7 Å². The minimum absolute atomic E-state index is 0.0694. The highest BCUT2D eigenvalue weighted by atomic mass is 19.4. The Hall–Kier alpha value is -6.61. The molecule has 63 heavy (non-hydrogen) atoms. The van der Waals surface area contributed by atoms with Gasteiger partial charge in [-0.2, -0.15) is 13.2 Å². The molecule has 0 aromatic heterocycles. The number of hydrogen-bond donors (Lipinski definition) is 3. The van der Waals surface area contributed by atoms with E-state index in [1.807, 2.05) is 0 Å². The number of rotatable bonds is 16. The molecule has 2 fully saturated rings. The molecule has 3 aromatic carbocycles. The van der Waals surface area contributed by atoms with Crippen molar-refractivity contribution in [1.29, 1.82) is 0 Å². The fraction of sp³-hybridized carbons (Fsp3) is 0.429. The first-order valence-corrected chi connectivity index (χ1v) is 19.8. The van der Waals surface area contributed by atoms with Crippen LogP contribution in [0.1, 0.15) is 61.5 Å². The van der Waals surface area contributed by atoms with Crippen LogP contribution in [0.3, 0.4) is 0 Å². The number of alkyl halides is 3. The Morgan fingerprint density at radius 2 is 1.49 bits per heavy atom. The number of non-ortho nitro benzene ring substituents is 1. The van der Waals surface area contributed by atoms with Crippen molar-refractivity contribution in [2.45, 2.75) is 108 Å². The maximum Gasteiger partial charge on any atom is 0.471 e. The molecule has 0 radical (unpaired) electrons. The maximum absolute atomic E-state index is 14.0. The van der Waals surface area contributed by atoms with E-state index in [4.69, 9.17) is 23.7 Å². The number of nitro benzene ring substituents is 1. The lowest BCUT2D eigenvalue weighted by atomic mass is 9.98. The number of esters is 2. The third-order valence-electron chi connectivity index (χ3n) is 10.2. The zero-order valence-electron chi connectivity index (χ0n) is 34.3. The van der Waals surface area contributed by atoms with Gasteiger partial charge in [0.15, 0.2) is 6.29 Å². The van der Waals surface area contributed by atoms with Crippen LogP contribution in [0.5, 0.6) is 0 Å². The van der Waals surface area contributed by atoms with Crippen molar-refractivity contribution in [3.63, 3.8) is 0 Å². The fourth-order valence-electron chi connectivity index (χ4n) is 6.85. The average molecular weight is 886 g/mol. The summed E-state index contributed by atoms with van der Waals surface area (Å²) in [5.41, 5.74) is 0.856. The summed E-state index contributed by atoms with van der Waals surface area (Å²) in [6.07, 6.45) is -11.8. The third kappa shape index (κ3) is 13.2. The predicted molar refractivity (Wildman–Crippen MR) is 212 cm³/mol. The number of likely N-dealkylation sites (tertiary alicyclic amines) is 1. The second-order valence-corrected chi connectivity index (χ2v) is 14.8. The van der Waals surface area contributed by atoms with Gasteiger partial charge in [-0.1, -0.05) is 60.7 Å². The van der Waals surface area contributed by atoms with E-state index in [0.29, 0.717) is 17.5 Å². The number of amides is 4. The van der Waals surface area contributed by atoms with Crippen LogP contribution in [0, 0.1) is 10.1 Å². The summed E-state index contributed by atoms with van der Waals surface area (Å²) >= 11 is 0. The van der Waals surface area contributed by atoms with Crippen molar-refractivity contribution in [3.05, 3.63) is 112 Å². The van der Waals surface area contributed by atoms with Crippen molar-refractivity contribution in [1.82, 2.24) is 20.9 Å². The van der Waals surface area contributed by atoms with Crippen LogP contribution in [-0.2, 0) is 56.1 Å². The minimum Gasteiger partial charge on any atom is -0.459 e. The highest BCUT2D eigenvalue weighted by Gasteiger charge is 2.47. The zero-order chi connectivity index (χ0) is 45.8. The van der Waals surface area contributed by atoms with Crippen LogP contribution >= 0.6 is 0 Å². The van der Waals surface area contributed by atoms with Gasteiger partial charge in [-0.25, -0.2) is 14.4 Å². The first-order valence-electron chi connectivity index (χ1n) is 19.8. The second-order valence-electron chi connectivity index (χ2n) is 14.8. The van der Waals surface area contributed by atoms with Gasteiger partial charge in [-0.05, 0) is 56.9 Å². The molecule has 3 N–H and O–H groups in total. The van der Waals surface area contributed by atoms with Gasteiger partial charge in [0.05, 0.1) is 28.7 Å². The molecule has 338 valence electrons. The van der Waals surface area contributed by atoms with Crippen LogP contribution in [0.15, 0.2) is 84.9 Å². The van der Waals surface area contributed by atoms with Gasteiger partial charge in [-0.15, -0.1) is 0 Å². The summed E-state index contributed by atoms with van der Waals surface area (Å²) < 4.78 is 68.7. The lowest BCUT2D eigenvalue weighted by molar-refractivity contribution is -0.384. The van der Waals surface area contributed by atoms with E-state index >= 15 is 0 Å². The fourth-order valence-corrected chi connectivity index (χ4v) is 6.85. The SMILES string of the molecule is C[C@H](NC(=O)[C@@H](NC(=O)[C@@H]1CCCN1C(=O)OCc1ccccc1)[C@@H](C)O[C@H]1C[C@@H](NC(=O)C(F)(F)F)[C@@H](OC(=O)c2ccc([N+](=O)[O-])cc2)[C@H](C)O1)C(=O)OCc1ccccc1. The number of carbonyl (C=O) groups excluding carboxylic acids is 6. The van der Waals surface area contributed by atoms with Crippen LogP contribution in [0.25, 0.3) is 0 Å². The number of halogens is 3. The first kappa shape index (κ1) is 47.4. The van der Waals surface area contributed by atoms with Gasteiger partial charge in [0.2, 0.25) is 11.8 Å². The summed E-state index contributed by atoms with van der Waals surface area (Å²) in [4.78, 5) is 90.7. The molecule has 0 bridgehead atoms. The monoisotopic (exact) mass is 885 g/mol.